The molecule has 0 N–H and O–H groups in total. The van der Waals surface area contributed by atoms with Crippen LogP contribution in [0.2, 0.25) is 0 Å². The van der Waals surface area contributed by atoms with Gasteiger partial charge in [-0.1, -0.05) is 127 Å². The Morgan fingerprint density at radius 1 is 0.354 bits per heavy atom. The average Bonchev–Trinajstić information content (AvgIpc) is 3.51. The minimum absolute atomic E-state index is 1.11. The zero-order valence-corrected chi connectivity index (χ0v) is 26.2. The molecule has 2 heteroatoms. The molecule has 0 spiro atoms. The lowest BCUT2D eigenvalue weighted by molar-refractivity contribution is 1.18. The fourth-order valence-electron chi connectivity index (χ4n) is 7.73. The summed E-state index contributed by atoms with van der Waals surface area (Å²) in [6.07, 6.45) is 0. The molecule has 0 saturated heterocycles. The van der Waals surface area contributed by atoms with Crippen molar-refractivity contribution >= 4 is 71.2 Å². The third-order valence-corrected chi connectivity index (χ3v) is 9.91. The standard InChI is InChI=1S/C46H30N2/c1-2-10-31(11-3-1)32-22-24-36(25-23-32)47(44-30-35-12-4-5-15-39(35)40-16-6-7-17-41(40)44)37-26-28-38(29-27-37)48-42-18-8-13-33-20-21-34-14-9-19-43(48)46(34)45(33)42/h1-30H. The van der Waals surface area contributed by atoms with Gasteiger partial charge in [0.05, 0.1) is 16.7 Å². The van der Waals surface area contributed by atoms with E-state index in [1.807, 2.05) is 0 Å². The topological polar surface area (TPSA) is 8.17 Å². The van der Waals surface area contributed by atoms with Crippen molar-refractivity contribution in [2.75, 3.05) is 4.90 Å². The van der Waals surface area contributed by atoms with Crippen LogP contribution < -0.4 is 4.90 Å². The van der Waals surface area contributed by atoms with Gasteiger partial charge in [-0.3, -0.25) is 0 Å². The third kappa shape index (κ3) is 4.06. The molecule has 1 aromatic heterocycles. The van der Waals surface area contributed by atoms with Crippen molar-refractivity contribution in [2.24, 2.45) is 0 Å². The largest absolute Gasteiger partial charge is 0.310 e. The summed E-state index contributed by atoms with van der Waals surface area (Å²) in [4.78, 5) is 2.41. The SMILES string of the molecule is c1ccc(-c2ccc(N(c3ccc(-n4c5cccc6ccc7cccc4c7c65)cc3)c3cc4ccccc4c4ccccc34)cc2)cc1. The van der Waals surface area contributed by atoms with E-state index in [0.717, 1.165) is 22.7 Å². The van der Waals surface area contributed by atoms with E-state index >= 15 is 0 Å². The summed E-state index contributed by atoms with van der Waals surface area (Å²) in [7, 11) is 0. The molecule has 0 amide bonds. The molecule has 0 aliphatic rings. The van der Waals surface area contributed by atoms with Crippen LogP contribution in [-0.2, 0) is 0 Å². The van der Waals surface area contributed by atoms with Crippen molar-refractivity contribution in [2.45, 2.75) is 0 Å². The van der Waals surface area contributed by atoms with Gasteiger partial charge in [-0.05, 0) is 92.7 Å². The minimum atomic E-state index is 1.11. The van der Waals surface area contributed by atoms with E-state index in [4.69, 9.17) is 0 Å². The lowest BCUT2D eigenvalue weighted by Crippen LogP contribution is -2.11. The summed E-state index contributed by atoms with van der Waals surface area (Å²) in [5.41, 5.74) is 9.43. The first-order valence-corrected chi connectivity index (χ1v) is 16.5. The summed E-state index contributed by atoms with van der Waals surface area (Å²) in [6, 6.07) is 66.2. The van der Waals surface area contributed by atoms with Crippen LogP contribution in [0.25, 0.3) is 70.9 Å². The van der Waals surface area contributed by atoms with E-state index in [9.17, 15) is 0 Å². The van der Waals surface area contributed by atoms with Crippen LogP contribution in [0.5, 0.6) is 0 Å². The second-order valence-electron chi connectivity index (χ2n) is 12.6. The molecule has 0 aliphatic carbocycles. The quantitative estimate of drug-likeness (QED) is 0.176. The number of fused-ring (bicyclic) bond motifs is 3. The van der Waals surface area contributed by atoms with Crippen LogP contribution in [-0.4, -0.2) is 4.57 Å². The molecule has 2 nitrogen and oxygen atoms in total. The lowest BCUT2D eigenvalue weighted by Gasteiger charge is -2.28. The molecular weight excluding hydrogens is 581 g/mol. The van der Waals surface area contributed by atoms with Gasteiger partial charge in [-0.15, -0.1) is 0 Å². The van der Waals surface area contributed by atoms with E-state index in [1.54, 1.807) is 0 Å². The maximum atomic E-state index is 2.42. The van der Waals surface area contributed by atoms with Crippen molar-refractivity contribution in [3.8, 4) is 16.8 Å². The van der Waals surface area contributed by atoms with E-state index in [0.29, 0.717) is 0 Å². The second-order valence-corrected chi connectivity index (χ2v) is 12.6. The van der Waals surface area contributed by atoms with Gasteiger partial charge in [0.15, 0.2) is 0 Å². The lowest BCUT2D eigenvalue weighted by atomic mass is 9.98. The normalized spacial score (nSPS) is 11.8. The molecule has 10 aromatic rings. The van der Waals surface area contributed by atoms with Gasteiger partial charge in [0.1, 0.15) is 0 Å². The highest BCUT2D eigenvalue weighted by molar-refractivity contribution is 6.24. The maximum Gasteiger partial charge on any atom is 0.0547 e. The van der Waals surface area contributed by atoms with Crippen molar-refractivity contribution in [3.05, 3.63) is 182 Å². The third-order valence-electron chi connectivity index (χ3n) is 9.91. The van der Waals surface area contributed by atoms with Crippen molar-refractivity contribution in [1.82, 2.24) is 4.57 Å². The zero-order valence-electron chi connectivity index (χ0n) is 26.2. The van der Waals surface area contributed by atoms with E-state index in [1.165, 1.54) is 65.3 Å². The molecule has 224 valence electrons. The number of rotatable bonds is 5. The molecule has 1 heterocycles. The highest BCUT2D eigenvalue weighted by atomic mass is 15.1. The molecule has 0 aliphatic heterocycles. The highest BCUT2D eigenvalue weighted by Crippen LogP contribution is 2.43. The van der Waals surface area contributed by atoms with Gasteiger partial charge in [0.2, 0.25) is 0 Å². The Hall–Kier alpha value is -6.38. The fraction of sp³-hybridized carbons (Fsp3) is 0. The molecule has 48 heavy (non-hydrogen) atoms. The van der Waals surface area contributed by atoms with E-state index < -0.39 is 0 Å². The summed E-state index contributed by atoms with van der Waals surface area (Å²) >= 11 is 0. The smallest absolute Gasteiger partial charge is 0.0547 e. The first kappa shape index (κ1) is 26.8. The second kappa shape index (κ2) is 10.6. The summed E-state index contributed by atoms with van der Waals surface area (Å²) < 4.78 is 2.42. The maximum absolute atomic E-state index is 2.42. The molecule has 0 atom stereocenters. The van der Waals surface area contributed by atoms with Crippen LogP contribution in [0.15, 0.2) is 182 Å². The predicted molar refractivity (Wildman–Crippen MR) is 205 cm³/mol. The zero-order chi connectivity index (χ0) is 31.6. The summed E-state index contributed by atoms with van der Waals surface area (Å²) in [6.45, 7) is 0. The Labute approximate surface area is 278 Å². The Morgan fingerprint density at radius 2 is 0.875 bits per heavy atom. The fourth-order valence-corrected chi connectivity index (χ4v) is 7.73. The molecule has 0 radical (unpaired) electrons. The van der Waals surface area contributed by atoms with Gasteiger partial charge in [-0.25, -0.2) is 0 Å². The van der Waals surface area contributed by atoms with Crippen LogP contribution in [0.3, 0.4) is 0 Å². The van der Waals surface area contributed by atoms with Gasteiger partial charge in [0.25, 0.3) is 0 Å². The van der Waals surface area contributed by atoms with E-state index in [2.05, 4.69) is 191 Å². The molecule has 0 unspecified atom stereocenters. The minimum Gasteiger partial charge on any atom is -0.310 e. The predicted octanol–water partition coefficient (Wildman–Crippen LogP) is 12.8. The van der Waals surface area contributed by atoms with Gasteiger partial charge in [-0.2, -0.15) is 0 Å². The van der Waals surface area contributed by atoms with Gasteiger partial charge < -0.3 is 9.47 Å². The first-order valence-electron chi connectivity index (χ1n) is 16.5. The van der Waals surface area contributed by atoms with Crippen LogP contribution >= 0.6 is 0 Å². The number of nitrogens with zero attached hydrogens (tertiary/aromatic N) is 2. The number of benzene rings is 9. The Kier molecular flexibility index (Phi) is 5.91. The Morgan fingerprint density at radius 3 is 1.54 bits per heavy atom. The Bertz CT molecular complexity index is 2690. The number of anilines is 3. The number of hydrogen-bond donors (Lipinski definition) is 0. The molecule has 10 rings (SSSR count). The van der Waals surface area contributed by atoms with Crippen LogP contribution in [0, 0.1) is 0 Å². The molecule has 0 bridgehead atoms. The van der Waals surface area contributed by atoms with Crippen molar-refractivity contribution in [1.29, 1.82) is 0 Å². The first-order chi connectivity index (χ1) is 23.8. The van der Waals surface area contributed by atoms with E-state index in [-0.39, 0.29) is 0 Å². The monoisotopic (exact) mass is 610 g/mol. The van der Waals surface area contributed by atoms with Crippen LogP contribution in [0.4, 0.5) is 17.1 Å². The Balaban J connectivity index is 1.18. The van der Waals surface area contributed by atoms with Crippen molar-refractivity contribution in [3.63, 3.8) is 0 Å². The summed E-state index contributed by atoms with van der Waals surface area (Å²) in [5, 5.41) is 10.2. The molecule has 9 aromatic carbocycles. The molecule has 0 fully saturated rings. The number of aromatic nitrogens is 1. The van der Waals surface area contributed by atoms with Gasteiger partial charge >= 0.3 is 0 Å². The average molecular weight is 611 g/mol. The highest BCUT2D eigenvalue weighted by Gasteiger charge is 2.19. The van der Waals surface area contributed by atoms with Gasteiger partial charge in [0, 0.05) is 33.2 Å². The summed E-state index contributed by atoms with van der Waals surface area (Å²) in [5.74, 6) is 0. The van der Waals surface area contributed by atoms with Crippen LogP contribution in [0.1, 0.15) is 0 Å². The molecular formula is C46H30N2. The number of hydrogen-bond acceptors (Lipinski definition) is 1. The van der Waals surface area contributed by atoms with Crippen molar-refractivity contribution < 1.29 is 0 Å². The molecule has 0 saturated carbocycles.